The highest BCUT2D eigenvalue weighted by Crippen LogP contribution is 1.84. The Bertz CT molecular complexity index is 68.0. The largest absolute Gasteiger partial charge is 0.468 e. The summed E-state index contributed by atoms with van der Waals surface area (Å²) in [7, 11) is 0. The summed E-state index contributed by atoms with van der Waals surface area (Å²) in [5, 5.41) is 0. The van der Waals surface area contributed by atoms with Gasteiger partial charge in [-0.2, -0.15) is 0 Å². The summed E-state index contributed by atoms with van der Waals surface area (Å²) in [5.41, 5.74) is 2.50. The second kappa shape index (κ2) is 7.39. The SMILES string of the molecule is NNCCCCOC=O. The lowest BCUT2D eigenvalue weighted by molar-refractivity contribution is -0.128. The molecule has 0 rings (SSSR count). The molecular weight excluding hydrogens is 120 g/mol. The van der Waals surface area contributed by atoms with Crippen LogP contribution in [-0.4, -0.2) is 19.6 Å². The highest BCUT2D eigenvalue weighted by molar-refractivity contribution is 5.36. The summed E-state index contributed by atoms with van der Waals surface area (Å²) in [5.74, 6) is 4.98. The van der Waals surface area contributed by atoms with E-state index in [0.717, 1.165) is 19.4 Å². The zero-order chi connectivity index (χ0) is 6.95. The Kier molecular flexibility index (Phi) is 6.89. The maximum Gasteiger partial charge on any atom is 0.293 e. The molecule has 9 heavy (non-hydrogen) atoms. The Morgan fingerprint density at radius 1 is 1.56 bits per heavy atom. The van der Waals surface area contributed by atoms with Gasteiger partial charge in [0, 0.05) is 6.54 Å². The second-order valence-electron chi connectivity index (χ2n) is 1.63. The van der Waals surface area contributed by atoms with E-state index in [9.17, 15) is 4.79 Å². The molecule has 0 unspecified atom stereocenters. The predicted molar refractivity (Wildman–Crippen MR) is 33.4 cm³/mol. The topological polar surface area (TPSA) is 64.3 Å². The molecule has 0 aliphatic heterocycles. The minimum absolute atomic E-state index is 0.454. The van der Waals surface area contributed by atoms with Gasteiger partial charge >= 0.3 is 0 Å². The summed E-state index contributed by atoms with van der Waals surface area (Å²) in [6.07, 6.45) is 1.80. The second-order valence-corrected chi connectivity index (χ2v) is 1.63. The maximum atomic E-state index is 9.58. The maximum absolute atomic E-state index is 9.58. The number of ether oxygens (including phenoxy) is 1. The minimum Gasteiger partial charge on any atom is -0.468 e. The van der Waals surface area contributed by atoms with Gasteiger partial charge in [0.25, 0.3) is 6.47 Å². The number of hydrogen-bond donors (Lipinski definition) is 2. The Morgan fingerprint density at radius 2 is 2.33 bits per heavy atom. The monoisotopic (exact) mass is 132 g/mol. The van der Waals surface area contributed by atoms with E-state index in [1.165, 1.54) is 0 Å². The fourth-order valence-corrected chi connectivity index (χ4v) is 0.461. The van der Waals surface area contributed by atoms with E-state index >= 15 is 0 Å². The van der Waals surface area contributed by atoms with Crippen molar-refractivity contribution in [1.82, 2.24) is 5.43 Å². The molecule has 0 aromatic rings. The molecule has 4 nitrogen and oxygen atoms in total. The normalized spacial score (nSPS) is 9.00. The molecule has 0 bridgehead atoms. The molecule has 3 N–H and O–H groups in total. The lowest BCUT2D eigenvalue weighted by atomic mass is 10.3. The zero-order valence-electron chi connectivity index (χ0n) is 5.30. The molecule has 0 spiro atoms. The van der Waals surface area contributed by atoms with Crippen LogP contribution in [0.2, 0.25) is 0 Å². The van der Waals surface area contributed by atoms with Crippen molar-refractivity contribution >= 4 is 6.47 Å². The van der Waals surface area contributed by atoms with Crippen molar-refractivity contribution in [3.8, 4) is 0 Å². The Hall–Kier alpha value is -0.610. The average Bonchev–Trinajstić information content (AvgIpc) is 1.89. The quantitative estimate of drug-likeness (QED) is 0.219. The minimum atomic E-state index is 0.454. The summed E-state index contributed by atoms with van der Waals surface area (Å²) >= 11 is 0. The van der Waals surface area contributed by atoms with Crippen LogP contribution in [-0.2, 0) is 9.53 Å². The van der Waals surface area contributed by atoms with Gasteiger partial charge in [0.05, 0.1) is 6.61 Å². The van der Waals surface area contributed by atoms with E-state index in [1.54, 1.807) is 0 Å². The molecule has 0 heterocycles. The van der Waals surface area contributed by atoms with E-state index in [0.29, 0.717) is 13.1 Å². The van der Waals surface area contributed by atoms with Gasteiger partial charge in [-0.05, 0) is 12.8 Å². The first kappa shape index (κ1) is 8.39. The van der Waals surface area contributed by atoms with E-state index in [4.69, 9.17) is 5.84 Å². The molecule has 0 aromatic heterocycles. The van der Waals surface area contributed by atoms with Gasteiger partial charge in [0.1, 0.15) is 0 Å². The predicted octanol–water partition coefficient (Wildman–Crippen LogP) is -0.597. The number of hydrazine groups is 1. The molecule has 0 aromatic carbocycles. The first-order chi connectivity index (χ1) is 4.41. The summed E-state index contributed by atoms with van der Waals surface area (Å²) in [4.78, 5) is 9.58. The molecule has 0 saturated carbocycles. The van der Waals surface area contributed by atoms with Crippen molar-refractivity contribution in [1.29, 1.82) is 0 Å². The number of unbranched alkanes of at least 4 members (excludes halogenated alkanes) is 1. The smallest absolute Gasteiger partial charge is 0.293 e. The van der Waals surface area contributed by atoms with E-state index < -0.39 is 0 Å². The van der Waals surface area contributed by atoms with Crippen molar-refractivity contribution < 1.29 is 9.53 Å². The molecule has 0 amide bonds. The number of carbonyl (C=O) groups is 1. The third-order valence-electron chi connectivity index (χ3n) is 0.901. The molecule has 4 heteroatoms. The molecule has 0 radical (unpaired) electrons. The number of rotatable bonds is 6. The summed E-state index contributed by atoms with van der Waals surface area (Å²) < 4.78 is 4.43. The van der Waals surface area contributed by atoms with Gasteiger partial charge in [0.2, 0.25) is 0 Å². The van der Waals surface area contributed by atoms with Crippen LogP contribution in [0.15, 0.2) is 0 Å². The van der Waals surface area contributed by atoms with Gasteiger partial charge < -0.3 is 4.74 Å². The molecule has 0 atom stereocenters. The summed E-state index contributed by atoms with van der Waals surface area (Å²) in [6.45, 7) is 1.71. The first-order valence-electron chi connectivity index (χ1n) is 2.90. The Balaban J connectivity index is 2.66. The zero-order valence-corrected chi connectivity index (χ0v) is 5.30. The number of nitrogens with two attached hydrogens (primary N) is 1. The van der Waals surface area contributed by atoms with Gasteiger partial charge in [0.15, 0.2) is 0 Å². The van der Waals surface area contributed by atoms with Gasteiger partial charge in [-0.1, -0.05) is 0 Å². The number of nitrogens with one attached hydrogen (secondary N) is 1. The third kappa shape index (κ3) is 7.39. The standard InChI is InChI=1S/C5H12N2O2/c6-7-3-1-2-4-9-5-8/h5,7H,1-4,6H2. The molecule has 0 fully saturated rings. The fraction of sp³-hybridized carbons (Fsp3) is 0.800. The third-order valence-corrected chi connectivity index (χ3v) is 0.901. The van der Waals surface area contributed by atoms with Crippen molar-refractivity contribution in [2.75, 3.05) is 13.2 Å². The van der Waals surface area contributed by atoms with Crippen molar-refractivity contribution in [3.05, 3.63) is 0 Å². The van der Waals surface area contributed by atoms with Crippen LogP contribution in [0.5, 0.6) is 0 Å². The average molecular weight is 132 g/mol. The fourth-order valence-electron chi connectivity index (χ4n) is 0.461. The van der Waals surface area contributed by atoms with Gasteiger partial charge in [-0.15, -0.1) is 0 Å². The van der Waals surface area contributed by atoms with Crippen LogP contribution in [0.4, 0.5) is 0 Å². The van der Waals surface area contributed by atoms with Crippen molar-refractivity contribution in [3.63, 3.8) is 0 Å². The van der Waals surface area contributed by atoms with Crippen LogP contribution in [0.1, 0.15) is 12.8 Å². The van der Waals surface area contributed by atoms with Crippen LogP contribution in [0.3, 0.4) is 0 Å². The van der Waals surface area contributed by atoms with E-state index in [2.05, 4.69) is 10.2 Å². The molecule has 0 saturated heterocycles. The molecule has 0 aliphatic rings. The van der Waals surface area contributed by atoms with Crippen LogP contribution in [0, 0.1) is 0 Å². The Labute approximate surface area is 54.3 Å². The highest BCUT2D eigenvalue weighted by Gasteiger charge is 1.84. The van der Waals surface area contributed by atoms with Crippen molar-refractivity contribution in [2.45, 2.75) is 12.8 Å². The lowest BCUT2D eigenvalue weighted by Gasteiger charge is -1.97. The van der Waals surface area contributed by atoms with Gasteiger partial charge in [-0.25, -0.2) is 0 Å². The van der Waals surface area contributed by atoms with Crippen LogP contribution in [0.25, 0.3) is 0 Å². The Morgan fingerprint density at radius 3 is 2.89 bits per heavy atom. The molecular formula is C5H12N2O2. The molecule has 0 aliphatic carbocycles. The lowest BCUT2D eigenvalue weighted by Crippen LogP contribution is -2.23. The van der Waals surface area contributed by atoms with Gasteiger partial charge in [-0.3, -0.25) is 16.1 Å². The van der Waals surface area contributed by atoms with Crippen molar-refractivity contribution in [2.24, 2.45) is 5.84 Å². The number of carbonyl (C=O) groups excluding carboxylic acids is 1. The number of hydrogen-bond acceptors (Lipinski definition) is 4. The first-order valence-corrected chi connectivity index (χ1v) is 2.90. The molecule has 54 valence electrons. The van der Waals surface area contributed by atoms with Crippen LogP contribution >= 0.6 is 0 Å². The van der Waals surface area contributed by atoms with E-state index in [1.807, 2.05) is 0 Å². The highest BCUT2D eigenvalue weighted by atomic mass is 16.5. The van der Waals surface area contributed by atoms with E-state index in [-0.39, 0.29) is 0 Å². The van der Waals surface area contributed by atoms with Crippen LogP contribution < -0.4 is 11.3 Å². The summed E-state index contributed by atoms with van der Waals surface area (Å²) in [6, 6.07) is 0.